The third-order valence-electron chi connectivity index (χ3n) is 7.16. The highest BCUT2D eigenvalue weighted by molar-refractivity contribution is 7.89. The van der Waals surface area contributed by atoms with E-state index >= 15 is 0 Å². The molecule has 10 nitrogen and oxygen atoms in total. The van der Waals surface area contributed by atoms with Crippen LogP contribution in [0.25, 0.3) is 0 Å². The molecule has 236 valence electrons. The highest BCUT2D eigenvalue weighted by Gasteiger charge is 2.39. The molecule has 3 aromatic carbocycles. The molecule has 0 amide bonds. The fourth-order valence-corrected chi connectivity index (χ4v) is 7.41. The number of sulfonamides is 1. The van der Waals surface area contributed by atoms with Crippen molar-refractivity contribution >= 4 is 45.2 Å². The fourth-order valence-electron chi connectivity index (χ4n) is 5.04. The second kappa shape index (κ2) is 15.0. The van der Waals surface area contributed by atoms with Gasteiger partial charge in [-0.15, -0.1) is 0 Å². The number of rotatable bonds is 13. The Kier molecular flexibility index (Phi) is 11.4. The van der Waals surface area contributed by atoms with Crippen molar-refractivity contribution in [3.63, 3.8) is 0 Å². The van der Waals surface area contributed by atoms with Crippen LogP contribution in [0.5, 0.6) is 17.2 Å². The molecule has 1 aliphatic rings. The molecule has 0 saturated carbocycles. The maximum absolute atomic E-state index is 13.8. The minimum absolute atomic E-state index is 0.108. The van der Waals surface area contributed by atoms with Crippen molar-refractivity contribution in [2.75, 3.05) is 27.4 Å². The van der Waals surface area contributed by atoms with E-state index in [4.69, 9.17) is 47.3 Å². The third-order valence-corrected chi connectivity index (χ3v) is 9.48. The Balaban J connectivity index is 1.62. The summed E-state index contributed by atoms with van der Waals surface area (Å²) in [6, 6.07) is 15.1. The van der Waals surface area contributed by atoms with Crippen LogP contribution in [-0.2, 0) is 30.8 Å². The molecule has 0 aromatic heterocycles. The van der Waals surface area contributed by atoms with Crippen LogP contribution >= 0.6 is 23.2 Å². The second-order valence-electron chi connectivity index (χ2n) is 10.1. The normalized spacial score (nSPS) is 16.1. The molecular formula is C31H33Cl2NO9S. The third kappa shape index (κ3) is 8.35. The summed E-state index contributed by atoms with van der Waals surface area (Å²) in [6.07, 6.45) is 1.46. The van der Waals surface area contributed by atoms with Crippen LogP contribution in [0.3, 0.4) is 0 Å². The summed E-state index contributed by atoms with van der Waals surface area (Å²) in [5.74, 6) is -0.423. The van der Waals surface area contributed by atoms with E-state index in [-0.39, 0.29) is 33.7 Å². The lowest BCUT2D eigenvalue weighted by atomic mass is 10.00. The average molecular weight is 667 g/mol. The van der Waals surface area contributed by atoms with Crippen molar-refractivity contribution in [1.29, 1.82) is 0 Å². The van der Waals surface area contributed by atoms with Crippen molar-refractivity contribution < 1.29 is 42.1 Å². The lowest BCUT2D eigenvalue weighted by Gasteiger charge is -2.34. The molecule has 0 radical (unpaired) electrons. The van der Waals surface area contributed by atoms with Gasteiger partial charge in [0.05, 0.1) is 19.1 Å². The highest BCUT2D eigenvalue weighted by atomic mass is 35.5. The molecule has 1 unspecified atom stereocenters. The van der Waals surface area contributed by atoms with E-state index in [2.05, 4.69) is 0 Å². The van der Waals surface area contributed by atoms with Gasteiger partial charge in [0.1, 0.15) is 17.9 Å². The summed E-state index contributed by atoms with van der Waals surface area (Å²) in [7, 11) is -1.05. The van der Waals surface area contributed by atoms with Crippen molar-refractivity contribution in [1.82, 2.24) is 4.31 Å². The lowest BCUT2D eigenvalue weighted by Crippen LogP contribution is -2.48. The van der Waals surface area contributed by atoms with Gasteiger partial charge in [-0.3, -0.25) is 4.79 Å². The standard InChI is InChI=1S/C31H33Cl2NO9S/c1-40-28-12-10-20(14-29(28)41-2)9-11-27(21-6-5-7-24(15-21)42-19-30(35)36)43-31(37)26-8-3-4-13-34(26)44(38,39)25-17-22(32)16-23(33)18-25/h5-7,10,12,14-18,26-27H,3-4,8-9,11,13,19H2,1-2H3,(H,35,36)/t26?,27-/m1/s1. The smallest absolute Gasteiger partial charge is 0.341 e. The number of ether oxygens (including phenoxy) is 4. The van der Waals surface area contributed by atoms with Gasteiger partial charge in [-0.1, -0.05) is 41.4 Å². The number of nitrogens with zero attached hydrogens (tertiary/aromatic N) is 1. The molecule has 0 spiro atoms. The molecule has 1 saturated heterocycles. The van der Waals surface area contributed by atoms with Gasteiger partial charge in [-0.05, 0) is 85.7 Å². The van der Waals surface area contributed by atoms with Crippen molar-refractivity contribution in [2.45, 2.75) is 49.1 Å². The summed E-state index contributed by atoms with van der Waals surface area (Å²) in [5, 5.41) is 9.35. The predicted octanol–water partition coefficient (Wildman–Crippen LogP) is 5.93. The number of methoxy groups -OCH3 is 2. The van der Waals surface area contributed by atoms with Gasteiger partial charge in [0, 0.05) is 16.6 Å². The van der Waals surface area contributed by atoms with Gasteiger partial charge < -0.3 is 24.1 Å². The van der Waals surface area contributed by atoms with Gasteiger partial charge in [-0.2, -0.15) is 4.31 Å². The fraction of sp³-hybridized carbons (Fsp3) is 0.355. The van der Waals surface area contributed by atoms with Crippen LogP contribution in [-0.4, -0.2) is 63.2 Å². The molecule has 4 rings (SSSR count). The van der Waals surface area contributed by atoms with E-state index in [1.54, 1.807) is 37.4 Å². The first kappa shape index (κ1) is 33.4. The molecule has 13 heteroatoms. The minimum Gasteiger partial charge on any atom is -0.493 e. The zero-order chi connectivity index (χ0) is 31.9. The van der Waals surface area contributed by atoms with Gasteiger partial charge in [0.25, 0.3) is 0 Å². The van der Waals surface area contributed by atoms with E-state index in [1.807, 2.05) is 12.1 Å². The molecule has 3 aromatic rings. The summed E-state index contributed by atoms with van der Waals surface area (Å²) >= 11 is 12.2. The van der Waals surface area contributed by atoms with Crippen LogP contribution in [0, 0.1) is 0 Å². The number of aliphatic carboxylic acids is 1. The monoisotopic (exact) mass is 665 g/mol. The van der Waals surface area contributed by atoms with E-state index in [9.17, 15) is 18.0 Å². The van der Waals surface area contributed by atoms with Crippen molar-refractivity contribution in [3.05, 3.63) is 81.8 Å². The predicted molar refractivity (Wildman–Crippen MR) is 164 cm³/mol. The molecule has 0 bridgehead atoms. The first-order valence-electron chi connectivity index (χ1n) is 13.9. The van der Waals surface area contributed by atoms with E-state index < -0.39 is 40.7 Å². The average Bonchev–Trinajstić information content (AvgIpc) is 3.01. The van der Waals surface area contributed by atoms with Crippen LogP contribution in [0.2, 0.25) is 10.0 Å². The van der Waals surface area contributed by atoms with Gasteiger partial charge in [0.15, 0.2) is 18.1 Å². The van der Waals surface area contributed by atoms with Crippen molar-refractivity contribution in [3.8, 4) is 17.2 Å². The number of carbonyl (C=O) groups is 2. The van der Waals surface area contributed by atoms with Crippen LogP contribution < -0.4 is 14.2 Å². The van der Waals surface area contributed by atoms with Crippen LogP contribution in [0.1, 0.15) is 42.9 Å². The van der Waals surface area contributed by atoms with E-state index in [1.165, 1.54) is 25.3 Å². The molecule has 1 fully saturated rings. The number of hydrogen-bond donors (Lipinski definition) is 1. The van der Waals surface area contributed by atoms with E-state index in [0.717, 1.165) is 9.87 Å². The van der Waals surface area contributed by atoms with Gasteiger partial charge in [-0.25, -0.2) is 13.2 Å². The van der Waals surface area contributed by atoms with Crippen molar-refractivity contribution in [2.24, 2.45) is 0 Å². The second-order valence-corrected chi connectivity index (χ2v) is 12.9. The number of carboxylic acid groups (broad SMARTS) is 1. The number of aryl methyl sites for hydroxylation is 1. The lowest BCUT2D eigenvalue weighted by molar-refractivity contribution is -0.155. The molecular weight excluding hydrogens is 633 g/mol. The SMILES string of the molecule is COc1ccc(CC[C@@H](OC(=O)C2CCCCN2S(=O)(=O)c2cc(Cl)cc(Cl)c2)c2cccc(OCC(=O)O)c2)cc1OC. The summed E-state index contributed by atoms with van der Waals surface area (Å²) in [4.78, 5) is 24.7. The molecule has 2 atom stereocenters. The van der Waals surface area contributed by atoms with Crippen LogP contribution in [0.4, 0.5) is 0 Å². The number of esters is 1. The first-order chi connectivity index (χ1) is 21.0. The Labute approximate surface area is 266 Å². The largest absolute Gasteiger partial charge is 0.493 e. The Morgan fingerprint density at radius 2 is 1.70 bits per heavy atom. The zero-order valence-corrected chi connectivity index (χ0v) is 26.5. The number of benzene rings is 3. The Morgan fingerprint density at radius 1 is 0.977 bits per heavy atom. The molecule has 44 heavy (non-hydrogen) atoms. The van der Waals surface area contributed by atoms with Crippen LogP contribution in [0.15, 0.2) is 65.6 Å². The molecule has 1 aliphatic heterocycles. The quantitative estimate of drug-likeness (QED) is 0.221. The Morgan fingerprint density at radius 3 is 2.39 bits per heavy atom. The summed E-state index contributed by atoms with van der Waals surface area (Å²) < 4.78 is 50.6. The number of carboxylic acids is 1. The molecule has 0 aliphatic carbocycles. The number of halogens is 2. The summed E-state index contributed by atoms with van der Waals surface area (Å²) in [6.45, 7) is -0.414. The van der Waals surface area contributed by atoms with Gasteiger partial charge >= 0.3 is 11.9 Å². The van der Waals surface area contributed by atoms with E-state index in [0.29, 0.717) is 42.7 Å². The Bertz CT molecular complexity index is 1580. The number of piperidine rings is 1. The molecule has 1 heterocycles. The molecule has 1 N–H and O–H groups in total. The van der Waals surface area contributed by atoms with Gasteiger partial charge in [0.2, 0.25) is 10.0 Å². The maximum Gasteiger partial charge on any atom is 0.341 e. The maximum atomic E-state index is 13.8. The Hall–Kier alpha value is -3.51. The number of carbonyl (C=O) groups excluding carboxylic acids is 1. The summed E-state index contributed by atoms with van der Waals surface area (Å²) in [5.41, 5.74) is 1.45. The zero-order valence-electron chi connectivity index (χ0n) is 24.2. The highest BCUT2D eigenvalue weighted by Crippen LogP contribution is 2.34. The first-order valence-corrected chi connectivity index (χ1v) is 16.1. The minimum atomic E-state index is -4.13. The topological polar surface area (TPSA) is 129 Å². The number of hydrogen-bond acceptors (Lipinski definition) is 8.